The highest BCUT2D eigenvalue weighted by Gasteiger charge is 2.08. The van der Waals surface area contributed by atoms with E-state index in [1.54, 1.807) is 25.1 Å². The van der Waals surface area contributed by atoms with E-state index < -0.39 is 0 Å². The number of fused-ring (bicyclic) bond motifs is 1. The molecular weight excluding hydrogens is 302 g/mol. The molecule has 0 N–H and O–H groups in total. The zero-order valence-corrected chi connectivity index (χ0v) is 13.3. The first-order chi connectivity index (χ1) is 11.6. The molecule has 0 amide bonds. The summed E-state index contributed by atoms with van der Waals surface area (Å²) in [5, 5.41) is 9.60. The van der Waals surface area contributed by atoms with Crippen molar-refractivity contribution in [2.24, 2.45) is 0 Å². The van der Waals surface area contributed by atoms with Gasteiger partial charge in [-0.3, -0.25) is 0 Å². The number of hydrogen-bond acceptors (Lipinski definition) is 4. The third kappa shape index (κ3) is 2.97. The first kappa shape index (κ1) is 15.3. The molecule has 2 heterocycles. The summed E-state index contributed by atoms with van der Waals surface area (Å²) >= 11 is 0. The van der Waals surface area contributed by atoms with Gasteiger partial charge >= 0.3 is 5.63 Å². The van der Waals surface area contributed by atoms with Crippen LogP contribution in [0.3, 0.4) is 0 Å². The lowest BCUT2D eigenvalue weighted by Gasteiger charge is -2.02. The van der Waals surface area contributed by atoms with Crippen molar-refractivity contribution in [2.45, 2.75) is 13.8 Å². The fraction of sp³-hybridized carbons (Fsp3) is 0.105. The zero-order valence-electron chi connectivity index (χ0n) is 13.3. The van der Waals surface area contributed by atoms with Gasteiger partial charge in [-0.1, -0.05) is 11.5 Å². The predicted octanol–water partition coefficient (Wildman–Crippen LogP) is 3.25. The Morgan fingerprint density at radius 1 is 1.21 bits per heavy atom. The average Bonchev–Trinajstić information content (AvgIpc) is 2.93. The molecule has 1 aromatic carbocycles. The number of benzene rings is 1. The Hall–Kier alpha value is -3.57. The van der Waals surface area contributed by atoms with Gasteiger partial charge < -0.3 is 4.42 Å². The smallest absolute Gasteiger partial charge is 0.339 e. The third-order valence-electron chi connectivity index (χ3n) is 3.37. The van der Waals surface area contributed by atoms with Crippen molar-refractivity contribution in [2.75, 3.05) is 0 Å². The minimum atomic E-state index is -0.347. The minimum absolute atomic E-state index is 0.347. The van der Waals surface area contributed by atoms with Crippen LogP contribution in [-0.4, -0.2) is 15.0 Å². The molecule has 0 atom stereocenters. The van der Waals surface area contributed by atoms with E-state index in [0.717, 1.165) is 11.1 Å². The van der Waals surface area contributed by atoms with Crippen molar-refractivity contribution in [3.8, 4) is 5.69 Å². The summed E-state index contributed by atoms with van der Waals surface area (Å²) in [7, 11) is 0. The molecule has 0 saturated carbocycles. The second-order valence-electron chi connectivity index (χ2n) is 5.11. The molecule has 3 aromatic rings. The highest BCUT2D eigenvalue weighted by atomic mass is 16.4. The molecule has 0 saturated heterocycles. The van der Waals surface area contributed by atoms with Crippen LogP contribution in [0.4, 0.5) is 0 Å². The number of aryl methyl sites for hydroxylation is 2. The second kappa shape index (κ2) is 6.28. The Labute approximate surface area is 137 Å². The van der Waals surface area contributed by atoms with Crippen molar-refractivity contribution in [1.29, 1.82) is 0 Å². The Balaban J connectivity index is 2.09. The van der Waals surface area contributed by atoms with E-state index in [4.69, 9.17) is 4.42 Å². The van der Waals surface area contributed by atoms with Crippen LogP contribution in [-0.2, 0) is 0 Å². The van der Waals surface area contributed by atoms with Crippen LogP contribution in [0.2, 0.25) is 0 Å². The lowest BCUT2D eigenvalue weighted by Crippen LogP contribution is -2.03. The molecule has 0 aliphatic heterocycles. The van der Waals surface area contributed by atoms with E-state index in [-0.39, 0.29) is 5.63 Å². The van der Waals surface area contributed by atoms with Crippen molar-refractivity contribution in [1.82, 2.24) is 15.0 Å². The lowest BCUT2D eigenvalue weighted by atomic mass is 10.2. The molecule has 5 heteroatoms. The fourth-order valence-corrected chi connectivity index (χ4v) is 2.15. The zero-order chi connectivity index (χ0) is 17.1. The Morgan fingerprint density at radius 2 is 2.04 bits per heavy atom. The van der Waals surface area contributed by atoms with Gasteiger partial charge in [0.15, 0.2) is 0 Å². The van der Waals surface area contributed by atoms with Gasteiger partial charge in [-0.25, -0.2) is 4.79 Å². The first-order valence-corrected chi connectivity index (χ1v) is 7.18. The van der Waals surface area contributed by atoms with Crippen LogP contribution in [0.1, 0.15) is 17.0 Å². The lowest BCUT2D eigenvalue weighted by molar-refractivity contribution is 0.554. The summed E-state index contributed by atoms with van der Waals surface area (Å²) < 4.78 is 5.31. The maximum atomic E-state index is 11.7. The Morgan fingerprint density at radius 3 is 2.83 bits per heavy atom. The van der Waals surface area contributed by atoms with Gasteiger partial charge in [-0.15, -0.1) is 5.10 Å². The minimum Gasteiger partial charge on any atom is -0.422 e. The summed E-state index contributed by atoms with van der Waals surface area (Å²) in [6.07, 6.45) is 1.65. The van der Waals surface area contributed by atoms with Crippen molar-refractivity contribution in [3.05, 3.63) is 81.1 Å². The van der Waals surface area contributed by atoms with E-state index in [1.165, 1.54) is 4.80 Å². The van der Waals surface area contributed by atoms with Crippen LogP contribution < -0.4 is 5.63 Å². The van der Waals surface area contributed by atoms with E-state index >= 15 is 0 Å². The highest BCUT2D eigenvalue weighted by molar-refractivity contribution is 5.79. The van der Waals surface area contributed by atoms with Crippen molar-refractivity contribution < 1.29 is 4.42 Å². The molecule has 0 radical (unpaired) electrons. The van der Waals surface area contributed by atoms with Crippen molar-refractivity contribution in [3.63, 3.8) is 0 Å². The van der Waals surface area contributed by atoms with Gasteiger partial charge in [0.25, 0.3) is 0 Å². The number of rotatable bonds is 2. The van der Waals surface area contributed by atoms with E-state index in [2.05, 4.69) is 39.7 Å². The molecule has 0 spiro atoms. The Kier molecular flexibility index (Phi) is 4.01. The standard InChI is InChI=1S/C19H13N3O2/c1-4-5-6-7-8-17-14(3)20-22(21-17)16-10-9-15-11-13(2)19(23)24-18(15)12-16/h8-12H,1H2,2-3H3. The highest BCUT2D eigenvalue weighted by Crippen LogP contribution is 2.18. The SMILES string of the molecule is C=C=C=C=C=Cc1nn(-c2ccc3cc(C)c(=O)oc3c2)nc1C. The molecule has 116 valence electrons. The fourth-order valence-electron chi connectivity index (χ4n) is 2.15. The molecular formula is C19H13N3O2. The number of hydrogen-bond donors (Lipinski definition) is 0. The van der Waals surface area contributed by atoms with E-state index in [9.17, 15) is 4.79 Å². The maximum Gasteiger partial charge on any atom is 0.339 e. The molecule has 5 nitrogen and oxygen atoms in total. The summed E-state index contributed by atoms with van der Waals surface area (Å²) in [6.45, 7) is 6.95. The monoisotopic (exact) mass is 315 g/mol. The van der Waals surface area contributed by atoms with Gasteiger partial charge in [-0.05, 0) is 50.1 Å². The average molecular weight is 315 g/mol. The van der Waals surface area contributed by atoms with Gasteiger partial charge in [0, 0.05) is 23.1 Å². The summed E-state index contributed by atoms with van der Waals surface area (Å²) in [4.78, 5) is 13.2. The maximum absolute atomic E-state index is 11.7. The second-order valence-corrected chi connectivity index (χ2v) is 5.11. The van der Waals surface area contributed by atoms with E-state index in [1.807, 2.05) is 19.1 Å². The van der Waals surface area contributed by atoms with Crippen LogP contribution in [0.25, 0.3) is 22.7 Å². The largest absolute Gasteiger partial charge is 0.422 e. The molecule has 24 heavy (non-hydrogen) atoms. The summed E-state index contributed by atoms with van der Waals surface area (Å²) in [5.41, 5.74) is 13.2. The topological polar surface area (TPSA) is 60.9 Å². The predicted molar refractivity (Wildman–Crippen MR) is 91.0 cm³/mol. The summed E-state index contributed by atoms with van der Waals surface area (Å²) in [6, 6.07) is 7.27. The molecule has 0 fully saturated rings. The normalized spacial score (nSPS) is 9.75. The van der Waals surface area contributed by atoms with E-state index in [0.29, 0.717) is 22.5 Å². The molecule has 0 unspecified atom stereocenters. The van der Waals surface area contributed by atoms with Crippen LogP contribution in [0.5, 0.6) is 0 Å². The third-order valence-corrected chi connectivity index (χ3v) is 3.37. The van der Waals surface area contributed by atoms with Gasteiger partial charge in [0.1, 0.15) is 11.3 Å². The number of aromatic nitrogens is 3. The van der Waals surface area contributed by atoms with Crippen LogP contribution in [0, 0.1) is 13.8 Å². The van der Waals surface area contributed by atoms with Gasteiger partial charge in [-0.2, -0.15) is 9.90 Å². The molecule has 0 aliphatic rings. The van der Waals surface area contributed by atoms with Gasteiger partial charge in [0.05, 0.1) is 11.4 Å². The van der Waals surface area contributed by atoms with Crippen LogP contribution in [0.15, 0.2) is 63.0 Å². The Bertz CT molecular complexity index is 1160. The molecule has 0 bridgehead atoms. The molecule has 3 rings (SSSR count). The first-order valence-electron chi connectivity index (χ1n) is 7.18. The number of nitrogens with zero attached hydrogens (tertiary/aromatic N) is 3. The quantitative estimate of drug-likeness (QED) is 0.538. The van der Waals surface area contributed by atoms with Crippen molar-refractivity contribution >= 4 is 17.0 Å². The molecule has 0 aliphatic carbocycles. The summed E-state index contributed by atoms with van der Waals surface area (Å²) in [5.74, 6) is 0. The molecule has 2 aromatic heterocycles. The van der Waals surface area contributed by atoms with Crippen LogP contribution >= 0.6 is 0 Å². The van der Waals surface area contributed by atoms with Gasteiger partial charge in [0.2, 0.25) is 0 Å².